The summed E-state index contributed by atoms with van der Waals surface area (Å²) in [4.78, 5) is 9.62. The fourth-order valence-electron chi connectivity index (χ4n) is 4.01. The lowest BCUT2D eigenvalue weighted by molar-refractivity contribution is 0.188. The third-order valence-corrected chi connectivity index (χ3v) is 5.76. The highest BCUT2D eigenvalue weighted by atomic mass is 19.1. The summed E-state index contributed by atoms with van der Waals surface area (Å²) >= 11 is 0. The zero-order chi connectivity index (χ0) is 21.5. The van der Waals surface area contributed by atoms with E-state index < -0.39 is 0 Å². The highest BCUT2D eigenvalue weighted by molar-refractivity contribution is 5.81. The van der Waals surface area contributed by atoms with Gasteiger partial charge in [-0.3, -0.25) is 4.90 Å². The van der Waals surface area contributed by atoms with Crippen LogP contribution in [0.15, 0.2) is 30.3 Å². The minimum absolute atomic E-state index is 0.118. The highest BCUT2D eigenvalue weighted by Crippen LogP contribution is 2.33. The first-order chi connectivity index (χ1) is 14.3. The quantitative estimate of drug-likeness (QED) is 0.714. The molecule has 4 rings (SSSR count). The van der Waals surface area contributed by atoms with Crippen LogP contribution in [-0.4, -0.2) is 63.9 Å². The van der Waals surface area contributed by atoms with E-state index in [2.05, 4.69) is 36.6 Å². The van der Waals surface area contributed by atoms with Crippen molar-refractivity contribution >= 4 is 11.5 Å². The van der Waals surface area contributed by atoms with Crippen molar-refractivity contribution in [1.29, 1.82) is 0 Å². The lowest BCUT2D eigenvalue weighted by Gasteiger charge is -2.36. The fraction of sp³-hybridized carbons (Fsp3) is 0.478. The van der Waals surface area contributed by atoms with Gasteiger partial charge in [0.15, 0.2) is 5.65 Å². The molecule has 1 fully saturated rings. The third-order valence-electron chi connectivity index (χ3n) is 5.76. The van der Waals surface area contributed by atoms with Gasteiger partial charge in [0, 0.05) is 49.8 Å². The number of benzene rings is 1. The Balaban J connectivity index is 1.84. The molecule has 0 spiro atoms. The first-order valence-corrected chi connectivity index (χ1v) is 10.5. The third kappa shape index (κ3) is 3.91. The van der Waals surface area contributed by atoms with Crippen LogP contribution in [0.3, 0.4) is 0 Å². The lowest BCUT2D eigenvalue weighted by Crippen LogP contribution is -2.47. The molecule has 7 heteroatoms. The largest absolute Gasteiger partial charge is 0.395 e. The number of aryl methyl sites for hydroxylation is 1. The second kappa shape index (κ2) is 7.96. The van der Waals surface area contributed by atoms with E-state index in [4.69, 9.17) is 10.1 Å². The molecule has 3 heterocycles. The number of hydrogen-bond donors (Lipinski definition) is 1. The van der Waals surface area contributed by atoms with Gasteiger partial charge in [-0.1, -0.05) is 32.9 Å². The monoisotopic (exact) mass is 411 g/mol. The number of rotatable bonds is 4. The average molecular weight is 412 g/mol. The molecule has 1 N–H and O–H groups in total. The number of fused-ring (bicyclic) bond motifs is 1. The molecule has 1 aliphatic heterocycles. The molecule has 0 amide bonds. The van der Waals surface area contributed by atoms with Crippen molar-refractivity contribution in [2.75, 3.05) is 44.2 Å². The Morgan fingerprint density at radius 2 is 1.73 bits per heavy atom. The Morgan fingerprint density at radius 1 is 1.07 bits per heavy atom. The number of aromatic nitrogens is 3. The number of halogens is 1. The van der Waals surface area contributed by atoms with Crippen molar-refractivity contribution in [3.63, 3.8) is 0 Å². The molecule has 30 heavy (non-hydrogen) atoms. The molecule has 1 aromatic carbocycles. The standard InChI is InChI=1S/C23H30FN5O/c1-16-21(17-5-7-18(24)8-6-17)22-25-19(23(2,3)4)15-20(29(22)26-16)28-11-9-27(10-12-28)13-14-30/h5-8,15,30H,9-14H2,1-4H3. The van der Waals surface area contributed by atoms with Crippen LogP contribution in [0, 0.1) is 12.7 Å². The van der Waals surface area contributed by atoms with E-state index in [1.165, 1.54) is 12.1 Å². The van der Waals surface area contributed by atoms with Gasteiger partial charge >= 0.3 is 0 Å². The summed E-state index contributed by atoms with van der Waals surface area (Å²) in [6, 6.07) is 8.69. The maximum absolute atomic E-state index is 13.5. The Labute approximate surface area is 177 Å². The molecule has 0 unspecified atom stereocenters. The molecule has 1 aliphatic rings. The first-order valence-electron chi connectivity index (χ1n) is 10.5. The molecule has 3 aromatic rings. The summed E-state index contributed by atoms with van der Waals surface area (Å²) in [7, 11) is 0. The first kappa shape index (κ1) is 20.8. The van der Waals surface area contributed by atoms with Crippen LogP contribution in [0.5, 0.6) is 0 Å². The Morgan fingerprint density at radius 3 is 2.33 bits per heavy atom. The highest BCUT2D eigenvalue weighted by Gasteiger charge is 2.26. The van der Waals surface area contributed by atoms with E-state index in [0.29, 0.717) is 6.54 Å². The van der Waals surface area contributed by atoms with Crippen LogP contribution in [0.1, 0.15) is 32.2 Å². The predicted octanol–water partition coefficient (Wildman–Crippen LogP) is 3.26. The second-order valence-electron chi connectivity index (χ2n) is 9.00. The van der Waals surface area contributed by atoms with Crippen molar-refractivity contribution < 1.29 is 9.50 Å². The number of aliphatic hydroxyl groups is 1. The van der Waals surface area contributed by atoms with Gasteiger partial charge in [-0.05, 0) is 24.6 Å². The van der Waals surface area contributed by atoms with Crippen LogP contribution in [0.2, 0.25) is 0 Å². The molecule has 0 atom stereocenters. The topological polar surface area (TPSA) is 56.9 Å². The second-order valence-corrected chi connectivity index (χ2v) is 9.00. The number of β-amino-alcohol motifs (C(OH)–C–C–N with tert-alkyl or cyclic N) is 1. The molecule has 0 saturated carbocycles. The van der Waals surface area contributed by atoms with E-state index in [1.807, 2.05) is 11.4 Å². The lowest BCUT2D eigenvalue weighted by atomic mass is 9.91. The number of aliphatic hydroxyl groups excluding tert-OH is 1. The van der Waals surface area contributed by atoms with Gasteiger partial charge in [-0.15, -0.1) is 0 Å². The summed E-state index contributed by atoms with van der Waals surface area (Å²) in [6.07, 6.45) is 0. The molecule has 0 bridgehead atoms. The number of nitrogens with zero attached hydrogens (tertiary/aromatic N) is 5. The van der Waals surface area contributed by atoms with E-state index >= 15 is 0 Å². The maximum atomic E-state index is 13.5. The van der Waals surface area contributed by atoms with Crippen molar-refractivity contribution in [2.45, 2.75) is 33.1 Å². The summed E-state index contributed by atoms with van der Waals surface area (Å²) < 4.78 is 15.4. The van der Waals surface area contributed by atoms with Crippen molar-refractivity contribution in [1.82, 2.24) is 19.5 Å². The Bertz CT molecular complexity index is 1030. The normalized spacial score (nSPS) is 15.9. The predicted molar refractivity (Wildman–Crippen MR) is 118 cm³/mol. The number of hydrogen-bond acceptors (Lipinski definition) is 5. The number of piperazine rings is 1. The van der Waals surface area contributed by atoms with Crippen LogP contribution in [0.25, 0.3) is 16.8 Å². The van der Waals surface area contributed by atoms with Crippen LogP contribution in [-0.2, 0) is 5.41 Å². The summed E-state index contributed by atoms with van der Waals surface area (Å²) in [5.41, 5.74) is 4.43. The number of anilines is 1. The molecule has 2 aromatic heterocycles. The van der Waals surface area contributed by atoms with Gasteiger partial charge in [-0.2, -0.15) is 9.61 Å². The summed E-state index contributed by atoms with van der Waals surface area (Å²) in [6.45, 7) is 12.9. The average Bonchev–Trinajstić information content (AvgIpc) is 3.04. The molecule has 0 radical (unpaired) electrons. The minimum atomic E-state index is -0.252. The van der Waals surface area contributed by atoms with E-state index in [1.54, 1.807) is 12.1 Å². The molecular weight excluding hydrogens is 381 g/mol. The summed E-state index contributed by atoms with van der Waals surface area (Å²) in [5, 5.41) is 14.1. The van der Waals surface area contributed by atoms with Gasteiger partial charge in [0.1, 0.15) is 11.6 Å². The van der Waals surface area contributed by atoms with Gasteiger partial charge in [0.05, 0.1) is 18.0 Å². The molecule has 6 nitrogen and oxygen atoms in total. The fourth-order valence-corrected chi connectivity index (χ4v) is 4.01. The van der Waals surface area contributed by atoms with Crippen LogP contribution < -0.4 is 4.90 Å². The van der Waals surface area contributed by atoms with E-state index in [9.17, 15) is 9.50 Å². The zero-order valence-electron chi connectivity index (χ0n) is 18.2. The molecule has 1 saturated heterocycles. The SMILES string of the molecule is Cc1nn2c(N3CCN(CCO)CC3)cc(C(C)(C)C)nc2c1-c1ccc(F)cc1. The minimum Gasteiger partial charge on any atom is -0.395 e. The van der Waals surface area contributed by atoms with Crippen molar-refractivity contribution in [3.05, 3.63) is 47.5 Å². The zero-order valence-corrected chi connectivity index (χ0v) is 18.2. The molecule has 160 valence electrons. The molecule has 0 aliphatic carbocycles. The molecular formula is C23H30FN5O. The van der Waals surface area contributed by atoms with Gasteiger partial charge < -0.3 is 10.0 Å². The van der Waals surface area contributed by atoms with Gasteiger partial charge in [-0.25, -0.2) is 9.37 Å². The van der Waals surface area contributed by atoms with E-state index in [-0.39, 0.29) is 17.8 Å². The van der Waals surface area contributed by atoms with Crippen LogP contribution in [0.4, 0.5) is 10.2 Å². The maximum Gasteiger partial charge on any atom is 0.165 e. The smallest absolute Gasteiger partial charge is 0.165 e. The van der Waals surface area contributed by atoms with Crippen molar-refractivity contribution in [2.24, 2.45) is 0 Å². The van der Waals surface area contributed by atoms with Gasteiger partial charge in [0.2, 0.25) is 0 Å². The van der Waals surface area contributed by atoms with Crippen molar-refractivity contribution in [3.8, 4) is 11.1 Å². The van der Waals surface area contributed by atoms with Crippen LogP contribution >= 0.6 is 0 Å². The van der Waals surface area contributed by atoms with Gasteiger partial charge in [0.25, 0.3) is 0 Å². The van der Waals surface area contributed by atoms with E-state index in [0.717, 1.165) is 60.2 Å². The Hall–Kier alpha value is -2.51. The Kier molecular flexibility index (Phi) is 5.51. The summed E-state index contributed by atoms with van der Waals surface area (Å²) in [5.74, 6) is 0.780.